The van der Waals surface area contributed by atoms with Gasteiger partial charge in [-0.15, -0.1) is 0 Å². The van der Waals surface area contributed by atoms with Crippen molar-refractivity contribution in [3.63, 3.8) is 0 Å². The van der Waals surface area contributed by atoms with Gasteiger partial charge in [-0.05, 0) is 13.3 Å². The van der Waals surface area contributed by atoms with Gasteiger partial charge in [0.05, 0.1) is 25.0 Å². The summed E-state index contributed by atoms with van der Waals surface area (Å²) in [6.45, 7) is 5.84. The molecule has 1 heterocycles. The molecule has 12 heavy (non-hydrogen) atoms. The summed E-state index contributed by atoms with van der Waals surface area (Å²) in [5, 5.41) is 9.50. The molecule has 0 aromatic carbocycles. The first-order valence-electron chi connectivity index (χ1n) is 4.69. The second-order valence-corrected chi connectivity index (χ2v) is 3.36. The minimum Gasteiger partial charge on any atom is -0.391 e. The molecule has 70 valence electrons. The smallest absolute Gasteiger partial charge is 0.0854 e. The first-order chi connectivity index (χ1) is 5.75. The summed E-state index contributed by atoms with van der Waals surface area (Å²) in [6.07, 6.45) is 3.77. The van der Waals surface area contributed by atoms with E-state index < -0.39 is 0 Å². The molecule has 0 aromatic rings. The predicted octanol–water partition coefficient (Wildman–Crippen LogP) is 0.880. The van der Waals surface area contributed by atoms with E-state index in [0.717, 1.165) is 25.9 Å². The molecule has 1 rings (SSSR count). The monoisotopic (exact) mass is 170 g/mol. The molecule has 1 N–H and O–H groups in total. The minimum absolute atomic E-state index is 0.255. The van der Waals surface area contributed by atoms with Crippen LogP contribution in [0.15, 0.2) is 4.99 Å². The van der Waals surface area contributed by atoms with E-state index in [1.54, 1.807) is 0 Å². The van der Waals surface area contributed by atoms with Crippen LogP contribution < -0.4 is 0 Å². The zero-order chi connectivity index (χ0) is 8.97. The lowest BCUT2D eigenvalue weighted by atomic mass is 10.1. The van der Waals surface area contributed by atoms with Crippen molar-refractivity contribution in [1.82, 2.24) is 4.90 Å². The van der Waals surface area contributed by atoms with E-state index in [1.165, 1.54) is 0 Å². The molecule has 2 unspecified atom stereocenters. The van der Waals surface area contributed by atoms with E-state index in [1.807, 2.05) is 13.3 Å². The molecular formula is C9H18N2O. The zero-order valence-corrected chi connectivity index (χ0v) is 7.90. The Morgan fingerprint density at radius 1 is 1.67 bits per heavy atom. The zero-order valence-electron chi connectivity index (χ0n) is 7.90. The molecule has 3 nitrogen and oxygen atoms in total. The van der Waals surface area contributed by atoms with E-state index in [-0.39, 0.29) is 12.1 Å². The average Bonchev–Trinajstić information content (AvgIpc) is 2.51. The molecule has 0 radical (unpaired) electrons. The second-order valence-electron chi connectivity index (χ2n) is 3.36. The summed E-state index contributed by atoms with van der Waals surface area (Å²) < 4.78 is 0. The second kappa shape index (κ2) is 4.45. The van der Waals surface area contributed by atoms with Gasteiger partial charge in [-0.2, -0.15) is 0 Å². The van der Waals surface area contributed by atoms with Gasteiger partial charge < -0.3 is 10.0 Å². The number of hydrogen-bond donors (Lipinski definition) is 1. The fraction of sp³-hybridized carbons (Fsp3) is 0.889. The summed E-state index contributed by atoms with van der Waals surface area (Å²) >= 11 is 0. The van der Waals surface area contributed by atoms with Crippen molar-refractivity contribution in [1.29, 1.82) is 0 Å². The largest absolute Gasteiger partial charge is 0.391 e. The first-order valence-corrected chi connectivity index (χ1v) is 4.69. The topological polar surface area (TPSA) is 35.8 Å². The van der Waals surface area contributed by atoms with Crippen molar-refractivity contribution in [3.8, 4) is 0 Å². The van der Waals surface area contributed by atoms with Crippen LogP contribution in [0.1, 0.15) is 26.7 Å². The highest BCUT2D eigenvalue weighted by Gasteiger charge is 2.21. The maximum Gasteiger partial charge on any atom is 0.0854 e. The van der Waals surface area contributed by atoms with Crippen molar-refractivity contribution in [2.24, 2.45) is 4.99 Å². The Morgan fingerprint density at radius 2 is 2.42 bits per heavy atom. The van der Waals surface area contributed by atoms with Crippen molar-refractivity contribution in [2.75, 3.05) is 13.1 Å². The lowest BCUT2D eigenvalue weighted by Gasteiger charge is -2.28. The van der Waals surface area contributed by atoms with Crippen molar-refractivity contribution < 1.29 is 5.11 Å². The van der Waals surface area contributed by atoms with Crippen LogP contribution in [-0.4, -0.2) is 41.6 Å². The molecule has 0 aliphatic carbocycles. The Bertz CT molecular complexity index is 157. The number of aliphatic imine (C=N–C) groups is 1. The molecule has 0 amide bonds. The van der Waals surface area contributed by atoms with Gasteiger partial charge in [0.2, 0.25) is 0 Å². The van der Waals surface area contributed by atoms with Gasteiger partial charge in [-0.3, -0.25) is 4.99 Å². The lowest BCUT2D eigenvalue weighted by molar-refractivity contribution is 0.0997. The molecule has 3 heteroatoms. The Kier molecular flexibility index (Phi) is 3.53. The molecule has 2 atom stereocenters. The third-order valence-electron chi connectivity index (χ3n) is 2.28. The van der Waals surface area contributed by atoms with Gasteiger partial charge in [0, 0.05) is 6.54 Å². The first kappa shape index (κ1) is 9.52. The van der Waals surface area contributed by atoms with Gasteiger partial charge >= 0.3 is 0 Å². The van der Waals surface area contributed by atoms with Crippen molar-refractivity contribution in [2.45, 2.75) is 38.8 Å². The van der Waals surface area contributed by atoms with Crippen molar-refractivity contribution in [3.05, 3.63) is 0 Å². The third kappa shape index (κ3) is 2.21. The van der Waals surface area contributed by atoms with Gasteiger partial charge in [0.25, 0.3) is 0 Å². The quantitative estimate of drug-likeness (QED) is 0.680. The standard InChI is InChI=1S/C9H18N2O/c1-3-4-9(8(2)12)11-6-5-10-7-11/h7-9,12H,3-6H2,1-2H3. The number of aliphatic hydroxyl groups is 1. The number of hydrogen-bond acceptors (Lipinski definition) is 3. The molecule has 0 spiro atoms. The SMILES string of the molecule is CCCC(C(C)O)N1C=NCC1. The summed E-state index contributed by atoms with van der Waals surface area (Å²) in [5.41, 5.74) is 0. The van der Waals surface area contributed by atoms with Gasteiger partial charge in [-0.25, -0.2) is 0 Å². The highest BCUT2D eigenvalue weighted by molar-refractivity contribution is 5.57. The van der Waals surface area contributed by atoms with Crippen LogP contribution in [0.2, 0.25) is 0 Å². The Labute approximate surface area is 74.1 Å². The third-order valence-corrected chi connectivity index (χ3v) is 2.28. The fourth-order valence-corrected chi connectivity index (χ4v) is 1.62. The van der Waals surface area contributed by atoms with E-state index in [2.05, 4.69) is 16.8 Å². The predicted molar refractivity (Wildman–Crippen MR) is 50.4 cm³/mol. The van der Waals surface area contributed by atoms with Crippen LogP contribution in [0.3, 0.4) is 0 Å². The van der Waals surface area contributed by atoms with Crippen LogP contribution in [0.5, 0.6) is 0 Å². The maximum absolute atomic E-state index is 9.50. The molecule has 0 bridgehead atoms. The minimum atomic E-state index is -0.255. The average molecular weight is 170 g/mol. The molecule has 0 saturated heterocycles. The van der Waals surface area contributed by atoms with Gasteiger partial charge in [-0.1, -0.05) is 13.3 Å². The highest BCUT2D eigenvalue weighted by atomic mass is 16.3. The molecular weight excluding hydrogens is 152 g/mol. The summed E-state index contributed by atoms with van der Waals surface area (Å²) in [5.74, 6) is 0. The molecule has 0 fully saturated rings. The Balaban J connectivity index is 2.46. The molecule has 1 aliphatic rings. The highest BCUT2D eigenvalue weighted by Crippen LogP contribution is 2.11. The van der Waals surface area contributed by atoms with Gasteiger partial charge in [0.1, 0.15) is 0 Å². The van der Waals surface area contributed by atoms with Crippen LogP contribution >= 0.6 is 0 Å². The van der Waals surface area contributed by atoms with Crippen LogP contribution in [0.4, 0.5) is 0 Å². The van der Waals surface area contributed by atoms with Crippen molar-refractivity contribution >= 4 is 6.34 Å². The van der Waals surface area contributed by atoms with Gasteiger partial charge in [0.15, 0.2) is 0 Å². The van der Waals surface area contributed by atoms with Crippen LogP contribution in [-0.2, 0) is 0 Å². The Hall–Kier alpha value is -0.570. The van der Waals surface area contributed by atoms with Crippen LogP contribution in [0.25, 0.3) is 0 Å². The van der Waals surface area contributed by atoms with E-state index in [0.29, 0.717) is 0 Å². The molecule has 0 saturated carbocycles. The van der Waals surface area contributed by atoms with E-state index >= 15 is 0 Å². The molecule has 0 aromatic heterocycles. The van der Waals surface area contributed by atoms with E-state index in [4.69, 9.17) is 0 Å². The summed E-state index contributed by atoms with van der Waals surface area (Å²) in [4.78, 5) is 6.29. The number of aliphatic hydroxyl groups excluding tert-OH is 1. The number of rotatable bonds is 4. The summed E-state index contributed by atoms with van der Waals surface area (Å²) in [6, 6.07) is 0.265. The normalized spacial score (nSPS) is 21.4. The fourth-order valence-electron chi connectivity index (χ4n) is 1.62. The lowest BCUT2D eigenvalue weighted by Crippen LogP contribution is -2.40. The maximum atomic E-state index is 9.50. The van der Waals surface area contributed by atoms with E-state index in [9.17, 15) is 5.11 Å². The Morgan fingerprint density at radius 3 is 2.83 bits per heavy atom. The number of nitrogens with zero attached hydrogens (tertiary/aromatic N) is 2. The molecule has 1 aliphatic heterocycles. The van der Waals surface area contributed by atoms with Crippen LogP contribution in [0, 0.1) is 0 Å². The summed E-state index contributed by atoms with van der Waals surface area (Å²) in [7, 11) is 0.